The van der Waals surface area contributed by atoms with Gasteiger partial charge in [0.25, 0.3) is 0 Å². The van der Waals surface area contributed by atoms with E-state index in [2.05, 4.69) is 47.0 Å². The van der Waals surface area contributed by atoms with Crippen LogP contribution in [0.3, 0.4) is 0 Å². The maximum atomic E-state index is 13.1. The molecule has 1 aromatic carbocycles. The van der Waals surface area contributed by atoms with Crippen LogP contribution in [0.1, 0.15) is 73.9 Å². The fraction of sp³-hybridized carbons (Fsp3) is 0.583. The zero-order valence-corrected chi connectivity index (χ0v) is 17.2. The molecular weight excluding hydrogens is 346 g/mol. The Labute approximate surface area is 168 Å². The molecule has 0 bridgehead atoms. The van der Waals surface area contributed by atoms with Crippen LogP contribution in [-0.4, -0.2) is 26.6 Å². The minimum atomic E-state index is 0.331. The van der Waals surface area contributed by atoms with Gasteiger partial charge in [-0.2, -0.15) is 5.10 Å². The van der Waals surface area contributed by atoms with Crippen molar-refractivity contribution >= 4 is 5.91 Å². The monoisotopic (exact) mass is 379 g/mol. The Morgan fingerprint density at radius 2 is 1.89 bits per heavy atom. The predicted octanol–water partition coefficient (Wildman–Crippen LogP) is 4.59. The minimum Gasteiger partial charge on any atom is -0.334 e. The Morgan fingerprint density at radius 1 is 1.11 bits per heavy atom. The van der Waals surface area contributed by atoms with Crippen LogP contribution in [0, 0.1) is 0 Å². The molecule has 4 nitrogen and oxygen atoms in total. The number of nitrogens with zero attached hydrogens (tertiary/aromatic N) is 3. The van der Waals surface area contributed by atoms with E-state index in [4.69, 9.17) is 5.10 Å². The Balaban J connectivity index is 1.37. The van der Waals surface area contributed by atoms with Gasteiger partial charge in [-0.15, -0.1) is 0 Å². The van der Waals surface area contributed by atoms with Crippen LogP contribution < -0.4 is 0 Å². The molecule has 150 valence electrons. The van der Waals surface area contributed by atoms with Crippen LogP contribution in [0.25, 0.3) is 0 Å². The van der Waals surface area contributed by atoms with Crippen molar-refractivity contribution in [1.82, 2.24) is 14.7 Å². The molecule has 0 atom stereocenters. The van der Waals surface area contributed by atoms with E-state index >= 15 is 0 Å². The molecule has 0 radical (unpaired) electrons. The fourth-order valence-corrected chi connectivity index (χ4v) is 5.02. The molecule has 4 rings (SSSR count). The lowest BCUT2D eigenvalue weighted by atomic mass is 10.1. The normalized spacial score (nSPS) is 16.5. The second kappa shape index (κ2) is 8.93. The Hall–Kier alpha value is -2.10. The second-order valence-corrected chi connectivity index (χ2v) is 8.50. The number of carbonyl (C=O) groups excluding carboxylic acids is 1. The molecule has 2 aromatic rings. The van der Waals surface area contributed by atoms with Gasteiger partial charge in [-0.05, 0) is 62.5 Å². The zero-order chi connectivity index (χ0) is 19.3. The number of hydrogen-bond donors (Lipinski definition) is 0. The Bertz CT molecular complexity index is 790. The van der Waals surface area contributed by atoms with Crippen molar-refractivity contribution in [2.24, 2.45) is 7.05 Å². The van der Waals surface area contributed by atoms with Crippen LogP contribution in [0.5, 0.6) is 0 Å². The van der Waals surface area contributed by atoms with E-state index < -0.39 is 0 Å². The Morgan fingerprint density at radius 3 is 2.68 bits per heavy atom. The standard InChI is InChI=1S/C24H33N3O/c1-26-23-16-9-15-21(23)22(25-26)18-27(20-13-6-7-14-20)24(28)17-8-5-12-19-10-3-2-4-11-19/h2-4,10-11,20H,5-9,12-18H2,1H3. The molecule has 0 aliphatic heterocycles. The zero-order valence-electron chi connectivity index (χ0n) is 17.2. The SMILES string of the molecule is Cn1nc(CN(C(=O)CCCCc2ccccc2)C2CCCC2)c2c1CCC2. The summed E-state index contributed by atoms with van der Waals surface area (Å²) in [7, 11) is 2.05. The summed E-state index contributed by atoms with van der Waals surface area (Å²) in [5, 5.41) is 4.78. The molecular formula is C24H33N3O. The van der Waals surface area contributed by atoms with E-state index in [0.29, 0.717) is 24.9 Å². The van der Waals surface area contributed by atoms with Gasteiger partial charge in [-0.1, -0.05) is 43.2 Å². The number of carbonyl (C=O) groups is 1. The third-order valence-corrected chi connectivity index (χ3v) is 6.55. The molecule has 1 saturated carbocycles. The lowest BCUT2D eigenvalue weighted by Crippen LogP contribution is -2.38. The first kappa shape index (κ1) is 19.2. The summed E-state index contributed by atoms with van der Waals surface area (Å²) in [6.45, 7) is 0.714. The van der Waals surface area contributed by atoms with Crippen LogP contribution in [0.15, 0.2) is 30.3 Å². The summed E-state index contributed by atoms with van der Waals surface area (Å²) < 4.78 is 2.05. The van der Waals surface area contributed by atoms with E-state index in [1.54, 1.807) is 0 Å². The molecule has 0 unspecified atom stereocenters. The van der Waals surface area contributed by atoms with Crippen molar-refractivity contribution in [2.75, 3.05) is 0 Å². The van der Waals surface area contributed by atoms with Crippen LogP contribution in [0.4, 0.5) is 0 Å². The summed E-state index contributed by atoms with van der Waals surface area (Å²) in [6.07, 6.45) is 12.1. The van der Waals surface area contributed by atoms with Gasteiger partial charge < -0.3 is 4.90 Å². The van der Waals surface area contributed by atoms with Gasteiger partial charge in [0, 0.05) is 25.2 Å². The third-order valence-electron chi connectivity index (χ3n) is 6.55. The quantitative estimate of drug-likeness (QED) is 0.629. The molecule has 1 aromatic heterocycles. The highest BCUT2D eigenvalue weighted by Gasteiger charge is 2.29. The maximum absolute atomic E-state index is 13.1. The molecule has 2 aliphatic rings. The summed E-state index contributed by atoms with van der Waals surface area (Å²) in [5.41, 5.74) is 5.32. The Kier molecular flexibility index (Phi) is 6.13. The number of aromatic nitrogens is 2. The number of aryl methyl sites for hydroxylation is 2. The van der Waals surface area contributed by atoms with Crippen molar-refractivity contribution in [3.63, 3.8) is 0 Å². The fourth-order valence-electron chi connectivity index (χ4n) is 5.02. The number of hydrogen-bond acceptors (Lipinski definition) is 2. The van der Waals surface area contributed by atoms with E-state index in [1.807, 2.05) is 0 Å². The lowest BCUT2D eigenvalue weighted by Gasteiger charge is -2.29. The van der Waals surface area contributed by atoms with Crippen molar-refractivity contribution < 1.29 is 4.79 Å². The maximum Gasteiger partial charge on any atom is 0.223 e. The molecule has 4 heteroatoms. The molecule has 0 N–H and O–H groups in total. The van der Waals surface area contributed by atoms with Gasteiger partial charge in [-0.3, -0.25) is 9.48 Å². The highest BCUT2D eigenvalue weighted by Crippen LogP contribution is 2.29. The van der Waals surface area contributed by atoms with E-state index in [1.165, 1.54) is 36.1 Å². The first-order valence-electron chi connectivity index (χ1n) is 11.1. The van der Waals surface area contributed by atoms with Gasteiger partial charge >= 0.3 is 0 Å². The van der Waals surface area contributed by atoms with Gasteiger partial charge in [0.1, 0.15) is 0 Å². The van der Waals surface area contributed by atoms with Gasteiger partial charge in [-0.25, -0.2) is 0 Å². The van der Waals surface area contributed by atoms with Crippen LogP contribution in [-0.2, 0) is 37.6 Å². The van der Waals surface area contributed by atoms with Crippen molar-refractivity contribution in [3.8, 4) is 0 Å². The number of fused-ring (bicyclic) bond motifs is 1. The number of amides is 1. The highest BCUT2D eigenvalue weighted by atomic mass is 16.2. The number of unbranched alkanes of at least 4 members (excludes halogenated alkanes) is 1. The molecule has 28 heavy (non-hydrogen) atoms. The van der Waals surface area contributed by atoms with E-state index in [0.717, 1.165) is 50.6 Å². The summed E-state index contributed by atoms with van der Waals surface area (Å²) in [5.74, 6) is 0.331. The summed E-state index contributed by atoms with van der Waals surface area (Å²) in [6, 6.07) is 11.0. The molecule has 0 saturated heterocycles. The van der Waals surface area contributed by atoms with Crippen molar-refractivity contribution in [1.29, 1.82) is 0 Å². The van der Waals surface area contributed by atoms with Gasteiger partial charge in [0.15, 0.2) is 0 Å². The third kappa shape index (κ3) is 4.31. The lowest BCUT2D eigenvalue weighted by molar-refractivity contribution is -0.134. The van der Waals surface area contributed by atoms with Crippen molar-refractivity contribution in [3.05, 3.63) is 52.8 Å². The minimum absolute atomic E-state index is 0.331. The molecule has 0 spiro atoms. The topological polar surface area (TPSA) is 38.1 Å². The first-order chi connectivity index (χ1) is 13.7. The average Bonchev–Trinajstić information content (AvgIpc) is 3.45. The second-order valence-electron chi connectivity index (χ2n) is 8.50. The van der Waals surface area contributed by atoms with Crippen LogP contribution in [0.2, 0.25) is 0 Å². The molecule has 1 amide bonds. The summed E-state index contributed by atoms with van der Waals surface area (Å²) in [4.78, 5) is 15.3. The summed E-state index contributed by atoms with van der Waals surface area (Å²) >= 11 is 0. The average molecular weight is 380 g/mol. The van der Waals surface area contributed by atoms with Crippen LogP contribution >= 0.6 is 0 Å². The molecule has 1 fully saturated rings. The molecule has 1 heterocycles. The number of rotatable bonds is 8. The highest BCUT2D eigenvalue weighted by molar-refractivity contribution is 5.76. The van der Waals surface area contributed by atoms with E-state index in [9.17, 15) is 4.79 Å². The smallest absolute Gasteiger partial charge is 0.223 e. The van der Waals surface area contributed by atoms with Gasteiger partial charge in [0.05, 0.1) is 12.2 Å². The van der Waals surface area contributed by atoms with Gasteiger partial charge in [0.2, 0.25) is 5.91 Å². The molecule has 2 aliphatic carbocycles. The largest absolute Gasteiger partial charge is 0.334 e. The van der Waals surface area contributed by atoms with Crippen molar-refractivity contribution in [2.45, 2.75) is 83.2 Å². The van der Waals surface area contributed by atoms with E-state index in [-0.39, 0.29) is 0 Å². The first-order valence-corrected chi connectivity index (χ1v) is 11.1. The predicted molar refractivity (Wildman–Crippen MR) is 112 cm³/mol. The number of benzene rings is 1.